The van der Waals surface area contributed by atoms with Crippen molar-refractivity contribution in [3.63, 3.8) is 0 Å². The molecule has 0 saturated carbocycles. The molecule has 1 aliphatic rings. The molecule has 1 heterocycles. The summed E-state index contributed by atoms with van der Waals surface area (Å²) in [5.74, 6) is 1.13. The third-order valence-electron chi connectivity index (χ3n) is 1.83. The van der Waals surface area contributed by atoms with Gasteiger partial charge in [-0.15, -0.1) is 0 Å². The summed E-state index contributed by atoms with van der Waals surface area (Å²) in [6, 6.07) is 0.433. The number of ether oxygens (including phenoxy) is 1. The van der Waals surface area contributed by atoms with Crippen LogP contribution < -0.4 is 5.32 Å². The molecule has 1 rings (SSSR count). The van der Waals surface area contributed by atoms with E-state index in [0.29, 0.717) is 6.04 Å². The lowest BCUT2D eigenvalue weighted by atomic mass is 10.2. The summed E-state index contributed by atoms with van der Waals surface area (Å²) in [4.78, 5) is 0. The van der Waals surface area contributed by atoms with Gasteiger partial charge in [0.2, 0.25) is 0 Å². The van der Waals surface area contributed by atoms with Gasteiger partial charge in [-0.05, 0) is 19.5 Å². The monoisotopic (exact) mass is 141 g/mol. The molecule has 0 spiro atoms. The maximum absolute atomic E-state index is 5.40. The average molecular weight is 141 g/mol. The van der Waals surface area contributed by atoms with E-state index in [1.165, 1.54) is 0 Å². The Kier molecular flexibility index (Phi) is 2.75. The van der Waals surface area contributed by atoms with E-state index in [1.807, 2.05) is 7.05 Å². The molecule has 0 bridgehead atoms. The molecule has 0 saturated heterocycles. The largest absolute Gasteiger partial charge is 0.496 e. The van der Waals surface area contributed by atoms with Gasteiger partial charge in [-0.3, -0.25) is 0 Å². The molecule has 0 aromatic heterocycles. The first kappa shape index (κ1) is 7.61. The average Bonchev–Trinajstić information content (AvgIpc) is 2.43. The predicted molar refractivity (Wildman–Crippen MR) is 41.8 cm³/mol. The summed E-state index contributed by atoms with van der Waals surface area (Å²) < 4.78 is 5.40. The first-order valence-corrected chi connectivity index (χ1v) is 3.88. The quantitative estimate of drug-likeness (QED) is 0.639. The first-order valence-electron chi connectivity index (χ1n) is 3.88. The molecule has 10 heavy (non-hydrogen) atoms. The van der Waals surface area contributed by atoms with Crippen LogP contribution in [0.25, 0.3) is 0 Å². The van der Waals surface area contributed by atoms with Crippen molar-refractivity contribution in [3.8, 4) is 0 Å². The van der Waals surface area contributed by atoms with Crippen molar-refractivity contribution in [1.82, 2.24) is 5.32 Å². The molecule has 0 aromatic rings. The summed E-state index contributed by atoms with van der Waals surface area (Å²) in [6.45, 7) is 3.02. The predicted octanol–water partition coefficient (Wildman–Crippen LogP) is 1.29. The molecule has 2 nitrogen and oxygen atoms in total. The second-order valence-corrected chi connectivity index (χ2v) is 2.49. The summed E-state index contributed by atoms with van der Waals surface area (Å²) in [7, 11) is 1.97. The highest BCUT2D eigenvalue weighted by atomic mass is 16.5. The van der Waals surface area contributed by atoms with E-state index in [2.05, 4.69) is 18.3 Å². The van der Waals surface area contributed by atoms with E-state index < -0.39 is 0 Å². The number of likely N-dealkylation sites (N-methyl/N-ethyl adjacent to an activating group) is 1. The molecule has 0 aromatic carbocycles. The number of nitrogens with one attached hydrogen (secondary N) is 1. The third kappa shape index (κ3) is 1.51. The molecule has 58 valence electrons. The van der Waals surface area contributed by atoms with E-state index in [-0.39, 0.29) is 0 Å². The lowest BCUT2D eigenvalue weighted by Gasteiger charge is -2.14. The Morgan fingerprint density at radius 1 is 1.80 bits per heavy atom. The molecule has 1 N–H and O–H groups in total. The van der Waals surface area contributed by atoms with E-state index in [4.69, 9.17) is 4.74 Å². The Morgan fingerprint density at radius 2 is 2.60 bits per heavy atom. The zero-order valence-electron chi connectivity index (χ0n) is 6.68. The van der Waals surface area contributed by atoms with Crippen molar-refractivity contribution in [3.05, 3.63) is 11.8 Å². The lowest BCUT2D eigenvalue weighted by molar-refractivity contribution is 0.216. The minimum absolute atomic E-state index is 0.433. The van der Waals surface area contributed by atoms with Crippen molar-refractivity contribution in [2.24, 2.45) is 0 Å². The summed E-state index contributed by atoms with van der Waals surface area (Å²) in [5, 5.41) is 3.20. The van der Waals surface area contributed by atoms with Crippen LogP contribution in [0.2, 0.25) is 0 Å². The summed E-state index contributed by atoms with van der Waals surface area (Å²) in [6.07, 6.45) is 4.35. The van der Waals surface area contributed by atoms with Gasteiger partial charge in [0, 0.05) is 6.42 Å². The fraction of sp³-hybridized carbons (Fsp3) is 0.750. The molecule has 1 unspecified atom stereocenters. The number of hydrogen-bond donors (Lipinski definition) is 1. The zero-order valence-corrected chi connectivity index (χ0v) is 6.68. The van der Waals surface area contributed by atoms with Crippen molar-refractivity contribution in [1.29, 1.82) is 0 Å². The highest BCUT2D eigenvalue weighted by Crippen LogP contribution is 2.14. The Labute approximate surface area is 62.3 Å². The highest BCUT2D eigenvalue weighted by Gasteiger charge is 2.13. The number of hydrogen-bond acceptors (Lipinski definition) is 2. The maximum Gasteiger partial charge on any atom is 0.109 e. The minimum Gasteiger partial charge on any atom is -0.496 e. The van der Waals surface area contributed by atoms with E-state index in [0.717, 1.165) is 25.2 Å². The SMILES string of the molecule is CCC(NC)C1=CCCO1. The van der Waals surface area contributed by atoms with E-state index in [1.54, 1.807) is 0 Å². The van der Waals surface area contributed by atoms with E-state index in [9.17, 15) is 0 Å². The Bertz CT molecular complexity index is 127. The Morgan fingerprint density at radius 3 is 3.00 bits per heavy atom. The van der Waals surface area contributed by atoms with Gasteiger partial charge in [-0.25, -0.2) is 0 Å². The fourth-order valence-corrected chi connectivity index (χ4v) is 1.23. The first-order chi connectivity index (χ1) is 4.88. The molecular formula is C8H15NO. The van der Waals surface area contributed by atoms with Crippen LogP contribution in [0.3, 0.4) is 0 Å². The second-order valence-electron chi connectivity index (χ2n) is 2.49. The molecule has 1 atom stereocenters. The molecule has 0 radical (unpaired) electrons. The molecule has 1 aliphatic heterocycles. The zero-order chi connectivity index (χ0) is 7.40. The third-order valence-corrected chi connectivity index (χ3v) is 1.83. The maximum atomic E-state index is 5.40. The minimum atomic E-state index is 0.433. The topological polar surface area (TPSA) is 21.3 Å². The lowest BCUT2D eigenvalue weighted by Crippen LogP contribution is -2.26. The Balaban J connectivity index is 2.44. The van der Waals surface area contributed by atoms with Crippen LogP contribution in [0.15, 0.2) is 11.8 Å². The standard InChI is InChI=1S/C8H15NO/c1-3-7(9-2)8-5-4-6-10-8/h5,7,9H,3-4,6H2,1-2H3. The smallest absolute Gasteiger partial charge is 0.109 e. The van der Waals surface area contributed by atoms with Gasteiger partial charge in [-0.2, -0.15) is 0 Å². The van der Waals surface area contributed by atoms with Crippen molar-refractivity contribution < 1.29 is 4.74 Å². The fourth-order valence-electron chi connectivity index (χ4n) is 1.23. The highest BCUT2D eigenvalue weighted by molar-refractivity contribution is 5.06. The second kappa shape index (κ2) is 3.62. The van der Waals surface area contributed by atoms with Crippen LogP contribution in [0, 0.1) is 0 Å². The summed E-state index contributed by atoms with van der Waals surface area (Å²) in [5.41, 5.74) is 0. The van der Waals surface area contributed by atoms with E-state index >= 15 is 0 Å². The normalized spacial score (nSPS) is 20.0. The van der Waals surface area contributed by atoms with Gasteiger partial charge in [0.1, 0.15) is 5.76 Å². The van der Waals surface area contributed by atoms with Gasteiger partial charge in [0.25, 0.3) is 0 Å². The summed E-state index contributed by atoms with van der Waals surface area (Å²) >= 11 is 0. The molecule has 0 aliphatic carbocycles. The van der Waals surface area contributed by atoms with Gasteiger partial charge in [0.15, 0.2) is 0 Å². The molecule has 0 fully saturated rings. The van der Waals surface area contributed by atoms with Gasteiger partial charge >= 0.3 is 0 Å². The van der Waals surface area contributed by atoms with Crippen LogP contribution in [0.5, 0.6) is 0 Å². The van der Waals surface area contributed by atoms with Crippen molar-refractivity contribution >= 4 is 0 Å². The van der Waals surface area contributed by atoms with Crippen LogP contribution in [-0.4, -0.2) is 19.7 Å². The van der Waals surface area contributed by atoms with Gasteiger partial charge in [-0.1, -0.05) is 6.92 Å². The Hall–Kier alpha value is -0.500. The number of rotatable bonds is 3. The van der Waals surface area contributed by atoms with Crippen molar-refractivity contribution in [2.75, 3.05) is 13.7 Å². The van der Waals surface area contributed by atoms with Crippen LogP contribution in [0.4, 0.5) is 0 Å². The van der Waals surface area contributed by atoms with Crippen molar-refractivity contribution in [2.45, 2.75) is 25.8 Å². The van der Waals surface area contributed by atoms with Crippen LogP contribution >= 0.6 is 0 Å². The molecular weight excluding hydrogens is 126 g/mol. The molecule has 2 heteroatoms. The molecule has 0 amide bonds. The van der Waals surface area contributed by atoms with Crippen LogP contribution in [0.1, 0.15) is 19.8 Å². The van der Waals surface area contributed by atoms with Gasteiger partial charge in [0.05, 0.1) is 12.6 Å². The van der Waals surface area contributed by atoms with Crippen LogP contribution in [-0.2, 0) is 4.74 Å². The van der Waals surface area contributed by atoms with Gasteiger partial charge < -0.3 is 10.1 Å².